The van der Waals surface area contributed by atoms with Crippen LogP contribution in [0.25, 0.3) is 0 Å². The van der Waals surface area contributed by atoms with E-state index >= 15 is 0 Å². The number of furan rings is 1. The number of benzene rings is 2. The Bertz CT molecular complexity index is 994. The zero-order valence-electron chi connectivity index (χ0n) is 14.1. The summed E-state index contributed by atoms with van der Waals surface area (Å²) in [6, 6.07) is 16.4. The van der Waals surface area contributed by atoms with E-state index in [1.807, 2.05) is 19.1 Å². The maximum atomic E-state index is 12.5. The SMILES string of the molecule is Cc1ccc(NS(=O)(=O)c2cccc(C(=O)NCc3ccco3)c2)cc1. The zero-order valence-corrected chi connectivity index (χ0v) is 14.9. The molecular formula is C19H18N2O4S. The van der Waals surface area contributed by atoms with Gasteiger partial charge in [0.05, 0.1) is 17.7 Å². The van der Waals surface area contributed by atoms with Crippen LogP contribution in [0.15, 0.2) is 76.2 Å². The normalized spacial score (nSPS) is 11.1. The molecule has 0 unspecified atom stereocenters. The molecule has 0 saturated heterocycles. The summed E-state index contributed by atoms with van der Waals surface area (Å²) in [5.74, 6) is 0.233. The van der Waals surface area contributed by atoms with E-state index < -0.39 is 10.0 Å². The van der Waals surface area contributed by atoms with Gasteiger partial charge in [0.2, 0.25) is 0 Å². The van der Waals surface area contributed by atoms with Crippen molar-refractivity contribution in [1.29, 1.82) is 0 Å². The van der Waals surface area contributed by atoms with E-state index in [1.54, 1.807) is 30.3 Å². The summed E-state index contributed by atoms with van der Waals surface area (Å²) in [5.41, 5.74) is 1.75. The first-order valence-corrected chi connectivity index (χ1v) is 9.42. The lowest BCUT2D eigenvalue weighted by molar-refractivity contribution is 0.0948. The van der Waals surface area contributed by atoms with Crippen LogP contribution in [0.1, 0.15) is 21.7 Å². The zero-order chi connectivity index (χ0) is 18.6. The molecular weight excluding hydrogens is 352 g/mol. The van der Waals surface area contributed by atoms with Crippen molar-refractivity contribution in [3.05, 3.63) is 83.8 Å². The van der Waals surface area contributed by atoms with Crippen LogP contribution < -0.4 is 10.0 Å². The molecule has 1 aromatic heterocycles. The van der Waals surface area contributed by atoms with E-state index in [2.05, 4.69) is 10.0 Å². The van der Waals surface area contributed by atoms with Crippen molar-refractivity contribution in [2.75, 3.05) is 4.72 Å². The van der Waals surface area contributed by atoms with E-state index in [-0.39, 0.29) is 22.9 Å². The minimum Gasteiger partial charge on any atom is -0.467 e. The molecule has 6 nitrogen and oxygen atoms in total. The third-order valence-corrected chi connectivity index (χ3v) is 5.09. The second-order valence-corrected chi connectivity index (χ2v) is 7.44. The quantitative estimate of drug-likeness (QED) is 0.697. The monoisotopic (exact) mass is 370 g/mol. The second-order valence-electron chi connectivity index (χ2n) is 5.76. The van der Waals surface area contributed by atoms with Crippen molar-refractivity contribution in [2.45, 2.75) is 18.4 Å². The van der Waals surface area contributed by atoms with Crippen molar-refractivity contribution >= 4 is 21.6 Å². The molecule has 0 saturated carbocycles. The smallest absolute Gasteiger partial charge is 0.261 e. The Balaban J connectivity index is 1.74. The fourth-order valence-corrected chi connectivity index (χ4v) is 3.43. The molecule has 3 rings (SSSR count). The van der Waals surface area contributed by atoms with Gasteiger partial charge in [-0.15, -0.1) is 0 Å². The van der Waals surface area contributed by atoms with Gasteiger partial charge in [-0.25, -0.2) is 8.42 Å². The first-order chi connectivity index (χ1) is 12.4. The average Bonchev–Trinajstić information content (AvgIpc) is 3.15. The predicted octanol–water partition coefficient (Wildman–Crippen LogP) is 3.32. The van der Waals surface area contributed by atoms with Crippen LogP contribution in [0.3, 0.4) is 0 Å². The predicted molar refractivity (Wildman–Crippen MR) is 98.3 cm³/mol. The first-order valence-electron chi connectivity index (χ1n) is 7.94. The fourth-order valence-electron chi connectivity index (χ4n) is 2.32. The molecule has 7 heteroatoms. The van der Waals surface area contributed by atoms with E-state index in [4.69, 9.17) is 4.42 Å². The molecule has 134 valence electrons. The third-order valence-electron chi connectivity index (χ3n) is 3.71. The topological polar surface area (TPSA) is 88.4 Å². The Morgan fingerprint density at radius 3 is 2.50 bits per heavy atom. The molecule has 0 aliphatic heterocycles. The van der Waals surface area contributed by atoms with E-state index in [0.717, 1.165) is 5.56 Å². The number of carbonyl (C=O) groups is 1. The van der Waals surface area contributed by atoms with Gasteiger partial charge in [-0.1, -0.05) is 23.8 Å². The van der Waals surface area contributed by atoms with Gasteiger partial charge in [-0.3, -0.25) is 9.52 Å². The number of aryl methyl sites for hydroxylation is 1. The molecule has 0 fully saturated rings. The van der Waals surface area contributed by atoms with Crippen molar-refractivity contribution in [1.82, 2.24) is 5.32 Å². The maximum absolute atomic E-state index is 12.5. The molecule has 3 aromatic rings. The molecule has 0 bridgehead atoms. The fraction of sp³-hybridized carbons (Fsp3) is 0.105. The molecule has 1 amide bonds. The Kier molecular flexibility index (Phi) is 5.09. The summed E-state index contributed by atoms with van der Waals surface area (Å²) in [7, 11) is -3.79. The number of rotatable bonds is 6. The van der Waals surface area contributed by atoms with Crippen molar-refractivity contribution in [2.24, 2.45) is 0 Å². The highest BCUT2D eigenvalue weighted by Gasteiger charge is 2.16. The Morgan fingerprint density at radius 2 is 1.81 bits per heavy atom. The van der Waals surface area contributed by atoms with Gasteiger partial charge >= 0.3 is 0 Å². The van der Waals surface area contributed by atoms with Crippen LogP contribution in [-0.2, 0) is 16.6 Å². The van der Waals surface area contributed by atoms with Crippen LogP contribution in [0.2, 0.25) is 0 Å². The highest BCUT2D eigenvalue weighted by Crippen LogP contribution is 2.18. The van der Waals surface area contributed by atoms with Crippen LogP contribution in [-0.4, -0.2) is 14.3 Å². The lowest BCUT2D eigenvalue weighted by Gasteiger charge is -2.10. The minimum absolute atomic E-state index is 0.0173. The van der Waals surface area contributed by atoms with Crippen LogP contribution in [0.4, 0.5) is 5.69 Å². The Labute approximate surface area is 151 Å². The van der Waals surface area contributed by atoms with Gasteiger partial charge in [0.1, 0.15) is 5.76 Å². The third kappa shape index (κ3) is 4.31. The van der Waals surface area contributed by atoms with Crippen LogP contribution in [0.5, 0.6) is 0 Å². The van der Waals surface area contributed by atoms with Crippen LogP contribution >= 0.6 is 0 Å². The molecule has 0 atom stereocenters. The van der Waals surface area contributed by atoms with Crippen molar-refractivity contribution < 1.29 is 17.6 Å². The summed E-state index contributed by atoms with van der Waals surface area (Å²) in [6.07, 6.45) is 1.52. The summed E-state index contributed by atoms with van der Waals surface area (Å²) in [6.45, 7) is 2.15. The van der Waals surface area contributed by atoms with Crippen molar-refractivity contribution in [3.63, 3.8) is 0 Å². The van der Waals surface area contributed by atoms with Gasteiger partial charge in [-0.2, -0.15) is 0 Å². The molecule has 1 heterocycles. The maximum Gasteiger partial charge on any atom is 0.261 e. The number of sulfonamides is 1. The Hall–Kier alpha value is -3.06. The van der Waals surface area contributed by atoms with E-state index in [0.29, 0.717) is 11.4 Å². The number of hydrogen-bond acceptors (Lipinski definition) is 4. The second kappa shape index (κ2) is 7.45. The Morgan fingerprint density at radius 1 is 1.04 bits per heavy atom. The highest BCUT2D eigenvalue weighted by atomic mass is 32.2. The number of anilines is 1. The number of amides is 1. The van der Waals surface area contributed by atoms with Crippen LogP contribution in [0, 0.1) is 6.92 Å². The number of nitrogens with one attached hydrogen (secondary N) is 2. The van der Waals surface area contributed by atoms with Gasteiger partial charge in [0.25, 0.3) is 15.9 Å². The van der Waals surface area contributed by atoms with Crippen molar-refractivity contribution in [3.8, 4) is 0 Å². The molecule has 26 heavy (non-hydrogen) atoms. The summed E-state index contributed by atoms with van der Waals surface area (Å²) < 4.78 is 32.8. The number of hydrogen-bond donors (Lipinski definition) is 2. The highest BCUT2D eigenvalue weighted by molar-refractivity contribution is 7.92. The summed E-state index contributed by atoms with van der Waals surface area (Å²) in [4.78, 5) is 12.3. The molecule has 0 spiro atoms. The largest absolute Gasteiger partial charge is 0.467 e. The average molecular weight is 370 g/mol. The number of carbonyl (C=O) groups excluding carboxylic acids is 1. The van der Waals surface area contributed by atoms with E-state index in [1.165, 1.54) is 24.5 Å². The molecule has 0 radical (unpaired) electrons. The van der Waals surface area contributed by atoms with Gasteiger partial charge < -0.3 is 9.73 Å². The minimum atomic E-state index is -3.79. The summed E-state index contributed by atoms with van der Waals surface area (Å²) in [5, 5.41) is 2.69. The van der Waals surface area contributed by atoms with Gasteiger partial charge in [0.15, 0.2) is 0 Å². The molecule has 2 aromatic carbocycles. The lowest BCUT2D eigenvalue weighted by Crippen LogP contribution is -2.23. The van der Waals surface area contributed by atoms with Gasteiger partial charge in [0, 0.05) is 11.3 Å². The molecule has 0 aliphatic rings. The standard InChI is InChI=1S/C19H18N2O4S/c1-14-7-9-16(10-8-14)21-26(23,24)18-6-2-4-15(12-18)19(22)20-13-17-5-3-11-25-17/h2-12,21H,13H2,1H3,(H,20,22). The molecule has 0 aliphatic carbocycles. The van der Waals surface area contributed by atoms with E-state index in [9.17, 15) is 13.2 Å². The molecule has 2 N–H and O–H groups in total. The summed E-state index contributed by atoms with van der Waals surface area (Å²) >= 11 is 0. The first kappa shape index (κ1) is 17.8. The van der Waals surface area contributed by atoms with Gasteiger partial charge in [-0.05, 0) is 49.4 Å². The lowest BCUT2D eigenvalue weighted by atomic mass is 10.2.